The van der Waals surface area contributed by atoms with Gasteiger partial charge in [0.2, 0.25) is 0 Å². The molecule has 1 aliphatic carbocycles. The van der Waals surface area contributed by atoms with Crippen LogP contribution in [-0.2, 0) is 11.2 Å². The predicted octanol–water partition coefficient (Wildman–Crippen LogP) is 4.68. The van der Waals surface area contributed by atoms with Crippen LogP contribution in [0.2, 0.25) is 0 Å². The van der Waals surface area contributed by atoms with Crippen molar-refractivity contribution in [2.75, 3.05) is 0 Å². The smallest absolute Gasteiger partial charge is 0.318 e. The number of fused-ring (bicyclic) bond motifs is 3. The molecule has 0 heterocycles. The number of halogens is 3. The summed E-state index contributed by atoms with van der Waals surface area (Å²) in [7, 11) is 0. The Balaban J connectivity index is 1.97. The van der Waals surface area contributed by atoms with Crippen LogP contribution in [0.4, 0.5) is 4.39 Å². The van der Waals surface area contributed by atoms with Crippen molar-refractivity contribution in [1.82, 2.24) is 0 Å². The SMILES string of the molecule is O=C(O)C(Br)C(Br)c1ccc2c(c1)Cc1cc(F)ccc1-2. The number of carbonyl (C=O) groups is 1. The van der Waals surface area contributed by atoms with Crippen molar-refractivity contribution < 1.29 is 14.3 Å². The lowest BCUT2D eigenvalue weighted by Crippen LogP contribution is -2.18. The molecule has 1 aliphatic rings. The van der Waals surface area contributed by atoms with E-state index in [9.17, 15) is 9.18 Å². The number of aliphatic carboxylic acids is 1. The molecule has 0 spiro atoms. The van der Waals surface area contributed by atoms with Crippen molar-refractivity contribution in [2.24, 2.45) is 0 Å². The minimum Gasteiger partial charge on any atom is -0.480 e. The average molecular weight is 414 g/mol. The molecule has 0 saturated heterocycles. The van der Waals surface area contributed by atoms with Crippen LogP contribution >= 0.6 is 31.9 Å². The second-order valence-corrected chi connectivity index (χ2v) is 7.01. The van der Waals surface area contributed by atoms with E-state index in [1.54, 1.807) is 12.1 Å². The molecular weight excluding hydrogens is 403 g/mol. The third kappa shape index (κ3) is 2.64. The number of carboxylic acids is 1. The van der Waals surface area contributed by atoms with Crippen LogP contribution in [0, 0.1) is 5.82 Å². The lowest BCUT2D eigenvalue weighted by molar-refractivity contribution is -0.136. The predicted molar refractivity (Wildman–Crippen MR) is 86.7 cm³/mol. The fraction of sp³-hybridized carbons (Fsp3) is 0.188. The first-order valence-electron chi connectivity index (χ1n) is 6.40. The molecule has 0 saturated carbocycles. The monoisotopic (exact) mass is 412 g/mol. The van der Waals surface area contributed by atoms with Gasteiger partial charge in [0.25, 0.3) is 0 Å². The largest absolute Gasteiger partial charge is 0.480 e. The summed E-state index contributed by atoms with van der Waals surface area (Å²) in [5.74, 6) is -1.14. The van der Waals surface area contributed by atoms with Crippen LogP contribution in [0.3, 0.4) is 0 Å². The van der Waals surface area contributed by atoms with Crippen molar-refractivity contribution in [2.45, 2.75) is 16.1 Å². The van der Waals surface area contributed by atoms with Crippen LogP contribution in [0.15, 0.2) is 36.4 Å². The zero-order valence-electron chi connectivity index (χ0n) is 10.8. The van der Waals surface area contributed by atoms with Gasteiger partial charge in [-0.25, -0.2) is 4.39 Å². The molecular formula is C16H11Br2FO2. The summed E-state index contributed by atoms with van der Waals surface area (Å²) in [5, 5.41) is 9.06. The number of alkyl halides is 2. The molecule has 2 nitrogen and oxygen atoms in total. The second-order valence-electron chi connectivity index (χ2n) is 5.04. The van der Waals surface area contributed by atoms with Gasteiger partial charge in [0.1, 0.15) is 10.6 Å². The Kier molecular flexibility index (Phi) is 3.88. The molecule has 0 aromatic heterocycles. The van der Waals surface area contributed by atoms with E-state index in [0.29, 0.717) is 6.42 Å². The van der Waals surface area contributed by atoms with Crippen LogP contribution in [0.25, 0.3) is 11.1 Å². The molecule has 2 aromatic carbocycles. The van der Waals surface area contributed by atoms with E-state index in [0.717, 1.165) is 27.8 Å². The lowest BCUT2D eigenvalue weighted by Gasteiger charge is -2.14. The summed E-state index contributed by atoms with van der Waals surface area (Å²) in [4.78, 5) is 10.0. The zero-order valence-corrected chi connectivity index (χ0v) is 14.0. The van der Waals surface area contributed by atoms with Gasteiger partial charge < -0.3 is 5.11 Å². The maximum atomic E-state index is 13.3. The highest BCUT2D eigenvalue weighted by Gasteiger charge is 2.26. The molecule has 2 unspecified atom stereocenters. The van der Waals surface area contributed by atoms with Crippen LogP contribution in [0.5, 0.6) is 0 Å². The minimum atomic E-state index is -0.914. The van der Waals surface area contributed by atoms with Crippen molar-refractivity contribution in [3.8, 4) is 11.1 Å². The van der Waals surface area contributed by atoms with Gasteiger partial charge >= 0.3 is 5.97 Å². The Labute approximate surface area is 138 Å². The fourth-order valence-electron chi connectivity index (χ4n) is 2.66. The van der Waals surface area contributed by atoms with E-state index in [2.05, 4.69) is 31.9 Å². The molecule has 0 radical (unpaired) electrons. The van der Waals surface area contributed by atoms with Crippen molar-refractivity contribution >= 4 is 37.8 Å². The normalized spacial score (nSPS) is 15.2. The molecule has 0 fully saturated rings. The van der Waals surface area contributed by atoms with Crippen molar-refractivity contribution in [1.29, 1.82) is 0 Å². The fourth-order valence-corrected chi connectivity index (χ4v) is 3.48. The molecule has 2 aromatic rings. The van der Waals surface area contributed by atoms with Crippen LogP contribution < -0.4 is 0 Å². The van der Waals surface area contributed by atoms with E-state index in [4.69, 9.17) is 5.11 Å². The number of hydrogen-bond donors (Lipinski definition) is 1. The van der Waals surface area contributed by atoms with Gasteiger partial charge in [0, 0.05) is 0 Å². The van der Waals surface area contributed by atoms with E-state index < -0.39 is 10.8 Å². The molecule has 3 rings (SSSR count). The third-order valence-electron chi connectivity index (χ3n) is 3.68. The highest BCUT2D eigenvalue weighted by Crippen LogP contribution is 2.40. The Bertz CT molecular complexity index is 730. The Morgan fingerprint density at radius 2 is 1.71 bits per heavy atom. The van der Waals surface area contributed by atoms with E-state index >= 15 is 0 Å². The van der Waals surface area contributed by atoms with Gasteiger partial charge in [0.05, 0.1) is 4.83 Å². The molecule has 1 N–H and O–H groups in total. The highest BCUT2D eigenvalue weighted by molar-refractivity contribution is 9.12. The molecule has 2 atom stereocenters. The summed E-state index contributed by atoms with van der Waals surface area (Å²) >= 11 is 6.59. The summed E-state index contributed by atoms with van der Waals surface area (Å²) in [5.41, 5.74) is 5.11. The van der Waals surface area contributed by atoms with Crippen LogP contribution in [-0.4, -0.2) is 15.9 Å². The number of hydrogen-bond acceptors (Lipinski definition) is 1. The first-order valence-corrected chi connectivity index (χ1v) is 8.23. The van der Waals surface area contributed by atoms with Crippen LogP contribution in [0.1, 0.15) is 21.5 Å². The first kappa shape index (κ1) is 14.7. The number of benzene rings is 2. The Hall–Kier alpha value is -1.20. The molecule has 21 heavy (non-hydrogen) atoms. The first-order chi connectivity index (χ1) is 9.97. The number of rotatable bonds is 3. The highest BCUT2D eigenvalue weighted by atomic mass is 79.9. The van der Waals surface area contributed by atoms with Gasteiger partial charge in [0.15, 0.2) is 0 Å². The Morgan fingerprint density at radius 1 is 1.10 bits per heavy atom. The molecule has 108 valence electrons. The standard InChI is InChI=1S/C16H11Br2FO2/c17-14(15(18)16(20)21)8-1-3-12-9(5-8)6-10-7-11(19)2-4-13(10)12/h1-5,7,14-15H,6H2,(H,20,21). The quantitative estimate of drug-likeness (QED) is 0.633. The van der Waals surface area contributed by atoms with Gasteiger partial charge in [-0.3, -0.25) is 4.79 Å². The molecule has 0 bridgehead atoms. The zero-order chi connectivity index (χ0) is 15.1. The summed E-state index contributed by atoms with van der Waals surface area (Å²) in [6, 6.07) is 10.7. The molecule has 0 aliphatic heterocycles. The Morgan fingerprint density at radius 3 is 2.38 bits per heavy atom. The van der Waals surface area contributed by atoms with E-state index in [-0.39, 0.29) is 10.6 Å². The van der Waals surface area contributed by atoms with E-state index in [1.807, 2.05) is 18.2 Å². The minimum absolute atomic E-state index is 0.230. The van der Waals surface area contributed by atoms with Crippen molar-refractivity contribution in [3.63, 3.8) is 0 Å². The molecule has 5 heteroatoms. The van der Waals surface area contributed by atoms with Gasteiger partial charge in [-0.1, -0.05) is 56.1 Å². The lowest BCUT2D eigenvalue weighted by atomic mass is 10.0. The maximum absolute atomic E-state index is 13.3. The third-order valence-corrected chi connectivity index (χ3v) is 6.37. The molecule has 0 amide bonds. The van der Waals surface area contributed by atoms with E-state index in [1.165, 1.54) is 6.07 Å². The topological polar surface area (TPSA) is 37.3 Å². The maximum Gasteiger partial charge on any atom is 0.318 e. The second kappa shape index (κ2) is 5.54. The van der Waals surface area contributed by atoms with Gasteiger partial charge in [-0.15, -0.1) is 0 Å². The number of carboxylic acid groups (broad SMARTS) is 1. The average Bonchev–Trinajstić information content (AvgIpc) is 2.81. The summed E-state index contributed by atoms with van der Waals surface area (Å²) < 4.78 is 13.3. The summed E-state index contributed by atoms with van der Waals surface area (Å²) in [6.45, 7) is 0. The van der Waals surface area contributed by atoms with Gasteiger partial charge in [-0.2, -0.15) is 0 Å². The summed E-state index contributed by atoms with van der Waals surface area (Å²) in [6.07, 6.45) is 0.677. The van der Waals surface area contributed by atoms with Gasteiger partial charge in [-0.05, 0) is 46.4 Å². The van der Waals surface area contributed by atoms with Crippen molar-refractivity contribution in [3.05, 3.63) is 58.9 Å².